The number of ether oxygens (including phenoxy) is 2. The lowest BCUT2D eigenvalue weighted by atomic mass is 10.2. The first-order chi connectivity index (χ1) is 13.1. The van der Waals surface area contributed by atoms with E-state index in [-0.39, 0.29) is 12.4 Å². The molecule has 8 nitrogen and oxygen atoms in total. The SMILES string of the molecule is CN(Cc1ccc2c(c1)OCO2)c1nccc(-c2cc(C(=O)O)ccn2)n1. The number of rotatable bonds is 5. The Kier molecular flexibility index (Phi) is 4.29. The minimum Gasteiger partial charge on any atom is -0.478 e. The molecule has 1 N–H and O–H groups in total. The van der Waals surface area contributed by atoms with Crippen molar-refractivity contribution in [2.75, 3.05) is 18.7 Å². The minimum absolute atomic E-state index is 0.161. The zero-order chi connectivity index (χ0) is 18.8. The topological polar surface area (TPSA) is 97.7 Å². The van der Waals surface area contributed by atoms with Crippen LogP contribution >= 0.6 is 0 Å². The molecule has 1 aromatic carbocycles. The summed E-state index contributed by atoms with van der Waals surface area (Å²) in [5.41, 5.74) is 2.23. The van der Waals surface area contributed by atoms with Gasteiger partial charge in [-0.1, -0.05) is 6.07 Å². The molecule has 0 spiro atoms. The van der Waals surface area contributed by atoms with E-state index in [1.54, 1.807) is 12.3 Å². The van der Waals surface area contributed by atoms with Gasteiger partial charge in [-0.15, -0.1) is 0 Å². The van der Waals surface area contributed by atoms with E-state index < -0.39 is 5.97 Å². The molecule has 0 atom stereocenters. The first kappa shape index (κ1) is 16.8. The fraction of sp³-hybridized carbons (Fsp3) is 0.158. The third-order valence-electron chi connectivity index (χ3n) is 4.11. The number of carboxylic acid groups (broad SMARTS) is 1. The van der Waals surface area contributed by atoms with Gasteiger partial charge in [0.1, 0.15) is 0 Å². The summed E-state index contributed by atoms with van der Waals surface area (Å²) in [6, 6.07) is 10.4. The lowest BCUT2D eigenvalue weighted by Crippen LogP contribution is -2.19. The van der Waals surface area contributed by atoms with E-state index in [2.05, 4.69) is 15.0 Å². The van der Waals surface area contributed by atoms with Gasteiger partial charge in [-0.05, 0) is 35.9 Å². The van der Waals surface area contributed by atoms with Crippen molar-refractivity contribution in [3.8, 4) is 22.9 Å². The fourth-order valence-electron chi connectivity index (χ4n) is 2.76. The van der Waals surface area contributed by atoms with Crippen LogP contribution in [0.1, 0.15) is 15.9 Å². The van der Waals surface area contributed by atoms with Gasteiger partial charge in [0, 0.05) is 26.0 Å². The van der Waals surface area contributed by atoms with Crippen molar-refractivity contribution in [3.05, 3.63) is 59.9 Å². The highest BCUT2D eigenvalue weighted by Gasteiger charge is 2.15. The molecule has 8 heteroatoms. The smallest absolute Gasteiger partial charge is 0.335 e. The van der Waals surface area contributed by atoms with E-state index in [4.69, 9.17) is 14.6 Å². The summed E-state index contributed by atoms with van der Waals surface area (Å²) in [7, 11) is 1.88. The zero-order valence-electron chi connectivity index (χ0n) is 14.5. The van der Waals surface area contributed by atoms with Crippen LogP contribution in [0, 0.1) is 0 Å². The van der Waals surface area contributed by atoms with Gasteiger partial charge in [0.2, 0.25) is 12.7 Å². The van der Waals surface area contributed by atoms with Crippen LogP contribution in [-0.2, 0) is 6.54 Å². The summed E-state index contributed by atoms with van der Waals surface area (Å²) in [4.78, 5) is 26.1. The number of pyridine rings is 1. The van der Waals surface area contributed by atoms with Crippen molar-refractivity contribution in [2.24, 2.45) is 0 Å². The predicted molar refractivity (Wildman–Crippen MR) is 96.9 cm³/mol. The third kappa shape index (κ3) is 3.50. The summed E-state index contributed by atoms with van der Waals surface area (Å²) in [5.74, 6) is 0.967. The number of carboxylic acids is 1. The lowest BCUT2D eigenvalue weighted by molar-refractivity contribution is 0.0697. The fourth-order valence-corrected chi connectivity index (χ4v) is 2.76. The second-order valence-electron chi connectivity index (χ2n) is 6.02. The Hall–Kier alpha value is -3.68. The Balaban J connectivity index is 1.56. The summed E-state index contributed by atoms with van der Waals surface area (Å²) < 4.78 is 10.7. The molecule has 1 aliphatic rings. The van der Waals surface area contributed by atoms with E-state index in [1.165, 1.54) is 18.3 Å². The van der Waals surface area contributed by atoms with Crippen LogP contribution in [0.4, 0.5) is 5.95 Å². The summed E-state index contributed by atoms with van der Waals surface area (Å²) in [5, 5.41) is 9.14. The molecule has 4 rings (SSSR count). The Morgan fingerprint density at radius 1 is 1.07 bits per heavy atom. The van der Waals surface area contributed by atoms with Crippen molar-refractivity contribution in [1.29, 1.82) is 0 Å². The minimum atomic E-state index is -1.01. The average molecular weight is 364 g/mol. The highest BCUT2D eigenvalue weighted by Crippen LogP contribution is 2.33. The Morgan fingerprint density at radius 3 is 2.74 bits per heavy atom. The van der Waals surface area contributed by atoms with E-state index in [9.17, 15) is 4.79 Å². The number of hydrogen-bond acceptors (Lipinski definition) is 7. The highest BCUT2D eigenvalue weighted by atomic mass is 16.7. The monoisotopic (exact) mass is 364 g/mol. The standard InChI is InChI=1S/C19H16N4O4/c1-23(10-12-2-3-16-17(8-12)27-11-26-16)19-21-7-5-14(22-19)15-9-13(18(24)25)4-6-20-15/h2-9H,10-11H2,1H3,(H,24,25). The number of carbonyl (C=O) groups is 1. The van der Waals surface area contributed by atoms with Crippen LogP contribution in [0.15, 0.2) is 48.8 Å². The predicted octanol–water partition coefficient (Wildman–Crippen LogP) is 2.60. The molecule has 27 heavy (non-hydrogen) atoms. The van der Waals surface area contributed by atoms with Crippen LogP contribution < -0.4 is 14.4 Å². The quantitative estimate of drug-likeness (QED) is 0.738. The number of fused-ring (bicyclic) bond motifs is 1. The van der Waals surface area contributed by atoms with Gasteiger partial charge in [-0.25, -0.2) is 14.8 Å². The number of aromatic nitrogens is 3. The molecular weight excluding hydrogens is 348 g/mol. The van der Waals surface area contributed by atoms with Crippen molar-refractivity contribution < 1.29 is 19.4 Å². The lowest BCUT2D eigenvalue weighted by Gasteiger charge is -2.17. The van der Waals surface area contributed by atoms with Gasteiger partial charge in [0.05, 0.1) is 17.0 Å². The van der Waals surface area contributed by atoms with Gasteiger partial charge in [-0.2, -0.15) is 0 Å². The molecule has 0 radical (unpaired) electrons. The van der Waals surface area contributed by atoms with Gasteiger partial charge in [0.15, 0.2) is 11.5 Å². The van der Waals surface area contributed by atoms with Crippen LogP contribution in [0.25, 0.3) is 11.4 Å². The van der Waals surface area contributed by atoms with Crippen molar-refractivity contribution in [3.63, 3.8) is 0 Å². The second kappa shape index (κ2) is 6.91. The third-order valence-corrected chi connectivity index (χ3v) is 4.11. The number of aromatic carboxylic acids is 1. The zero-order valence-corrected chi connectivity index (χ0v) is 14.5. The molecular formula is C19H16N4O4. The van der Waals surface area contributed by atoms with E-state index in [0.717, 1.165) is 17.1 Å². The molecule has 0 bridgehead atoms. The largest absolute Gasteiger partial charge is 0.478 e. The molecule has 0 amide bonds. The molecule has 1 aliphatic heterocycles. The van der Waals surface area contributed by atoms with Gasteiger partial charge < -0.3 is 19.5 Å². The summed E-state index contributed by atoms with van der Waals surface area (Å²) in [6.45, 7) is 0.810. The van der Waals surface area contributed by atoms with Gasteiger partial charge in [0.25, 0.3) is 0 Å². The molecule has 0 saturated carbocycles. The molecule has 0 unspecified atom stereocenters. The Labute approximate surface area is 155 Å². The summed E-state index contributed by atoms with van der Waals surface area (Å²) in [6.07, 6.45) is 3.08. The van der Waals surface area contributed by atoms with E-state index in [0.29, 0.717) is 23.9 Å². The maximum atomic E-state index is 11.2. The molecule has 3 heterocycles. The van der Waals surface area contributed by atoms with Crippen molar-refractivity contribution >= 4 is 11.9 Å². The van der Waals surface area contributed by atoms with Gasteiger partial charge in [-0.3, -0.25) is 4.98 Å². The normalized spacial score (nSPS) is 12.0. The molecule has 0 saturated heterocycles. The van der Waals surface area contributed by atoms with Crippen molar-refractivity contribution in [2.45, 2.75) is 6.54 Å². The molecule has 0 aliphatic carbocycles. The van der Waals surface area contributed by atoms with E-state index >= 15 is 0 Å². The Morgan fingerprint density at radius 2 is 1.89 bits per heavy atom. The number of benzene rings is 1. The van der Waals surface area contributed by atoms with Gasteiger partial charge >= 0.3 is 5.97 Å². The first-order valence-corrected chi connectivity index (χ1v) is 8.22. The number of nitrogens with zero attached hydrogens (tertiary/aromatic N) is 4. The number of anilines is 1. The maximum absolute atomic E-state index is 11.2. The maximum Gasteiger partial charge on any atom is 0.335 e. The highest BCUT2D eigenvalue weighted by molar-refractivity contribution is 5.88. The average Bonchev–Trinajstić information content (AvgIpc) is 3.16. The van der Waals surface area contributed by atoms with Crippen molar-refractivity contribution in [1.82, 2.24) is 15.0 Å². The Bertz CT molecular complexity index is 1010. The number of hydrogen-bond donors (Lipinski definition) is 1. The summed E-state index contributed by atoms with van der Waals surface area (Å²) >= 11 is 0. The van der Waals surface area contributed by atoms with Crippen LogP contribution in [0.2, 0.25) is 0 Å². The van der Waals surface area contributed by atoms with E-state index in [1.807, 2.05) is 30.1 Å². The van der Waals surface area contributed by atoms with Crippen LogP contribution in [0.3, 0.4) is 0 Å². The van der Waals surface area contributed by atoms with Crippen LogP contribution in [0.5, 0.6) is 11.5 Å². The molecule has 0 fully saturated rings. The first-order valence-electron chi connectivity index (χ1n) is 8.22. The molecule has 2 aromatic heterocycles. The second-order valence-corrected chi connectivity index (χ2v) is 6.02. The molecule has 3 aromatic rings. The van der Waals surface area contributed by atoms with Crippen LogP contribution in [-0.4, -0.2) is 39.9 Å². The molecule has 136 valence electrons.